The third kappa shape index (κ3) is 1.14. The lowest BCUT2D eigenvalue weighted by Gasteiger charge is -2.50. The Morgan fingerprint density at radius 2 is 1.73 bits per heavy atom. The molecular weight excluding hydrogens is 180 g/mol. The summed E-state index contributed by atoms with van der Waals surface area (Å²) in [7, 11) is 0. The SMILES string of the molecule is C1CCC2C(C1)CCC13CCC(CC21)C3. The minimum atomic E-state index is 0.892. The van der Waals surface area contributed by atoms with Crippen molar-refractivity contribution in [3.8, 4) is 0 Å². The van der Waals surface area contributed by atoms with E-state index in [-0.39, 0.29) is 0 Å². The summed E-state index contributed by atoms with van der Waals surface area (Å²) in [5.41, 5.74) is 0.892. The van der Waals surface area contributed by atoms with Gasteiger partial charge in [-0.05, 0) is 74.0 Å². The van der Waals surface area contributed by atoms with Gasteiger partial charge in [-0.25, -0.2) is 0 Å². The molecule has 1 spiro atoms. The molecule has 5 atom stereocenters. The van der Waals surface area contributed by atoms with Crippen LogP contribution in [0.25, 0.3) is 0 Å². The molecule has 5 unspecified atom stereocenters. The molecule has 2 bridgehead atoms. The molecule has 0 aromatic heterocycles. The van der Waals surface area contributed by atoms with Crippen molar-refractivity contribution in [3.63, 3.8) is 0 Å². The fraction of sp³-hybridized carbons (Fsp3) is 1.00. The summed E-state index contributed by atoms with van der Waals surface area (Å²) in [6, 6.07) is 0. The highest BCUT2D eigenvalue weighted by Crippen LogP contribution is 2.67. The van der Waals surface area contributed by atoms with Crippen molar-refractivity contribution in [2.45, 2.75) is 64.2 Å². The highest BCUT2D eigenvalue weighted by atomic mass is 14.6. The molecule has 0 radical (unpaired) electrons. The molecule has 15 heavy (non-hydrogen) atoms. The molecule has 4 aliphatic rings. The number of hydrogen-bond acceptors (Lipinski definition) is 0. The van der Waals surface area contributed by atoms with Crippen LogP contribution in [-0.2, 0) is 0 Å². The summed E-state index contributed by atoms with van der Waals surface area (Å²) < 4.78 is 0. The zero-order valence-electron chi connectivity index (χ0n) is 9.88. The van der Waals surface area contributed by atoms with Crippen molar-refractivity contribution in [1.82, 2.24) is 0 Å². The van der Waals surface area contributed by atoms with Crippen LogP contribution in [0, 0.1) is 29.1 Å². The fourth-order valence-electron chi connectivity index (χ4n) is 6.06. The van der Waals surface area contributed by atoms with Gasteiger partial charge < -0.3 is 0 Å². The Bertz CT molecular complexity index is 269. The second-order valence-electron chi connectivity index (χ2n) is 7.06. The topological polar surface area (TPSA) is 0 Å². The Kier molecular flexibility index (Phi) is 1.83. The van der Waals surface area contributed by atoms with Crippen molar-refractivity contribution in [1.29, 1.82) is 0 Å². The van der Waals surface area contributed by atoms with E-state index in [1.54, 1.807) is 64.2 Å². The highest BCUT2D eigenvalue weighted by molar-refractivity contribution is 5.07. The van der Waals surface area contributed by atoms with Crippen LogP contribution in [-0.4, -0.2) is 0 Å². The predicted octanol–water partition coefficient (Wildman–Crippen LogP) is 4.39. The van der Waals surface area contributed by atoms with Crippen molar-refractivity contribution >= 4 is 0 Å². The number of hydrogen-bond donors (Lipinski definition) is 0. The van der Waals surface area contributed by atoms with Crippen LogP contribution in [0.2, 0.25) is 0 Å². The van der Waals surface area contributed by atoms with Gasteiger partial charge in [0.05, 0.1) is 0 Å². The Balaban J connectivity index is 1.65. The van der Waals surface area contributed by atoms with E-state index >= 15 is 0 Å². The molecule has 4 rings (SSSR count). The molecule has 0 heterocycles. The van der Waals surface area contributed by atoms with Gasteiger partial charge in [0.25, 0.3) is 0 Å². The lowest BCUT2D eigenvalue weighted by atomic mass is 9.55. The molecular formula is C15H24. The van der Waals surface area contributed by atoms with E-state index in [4.69, 9.17) is 0 Å². The van der Waals surface area contributed by atoms with Crippen LogP contribution in [0.15, 0.2) is 0 Å². The second-order valence-corrected chi connectivity index (χ2v) is 7.06. The molecule has 4 fully saturated rings. The van der Waals surface area contributed by atoms with Crippen molar-refractivity contribution in [3.05, 3.63) is 0 Å². The van der Waals surface area contributed by atoms with Gasteiger partial charge >= 0.3 is 0 Å². The Labute approximate surface area is 93.8 Å². The lowest BCUT2D eigenvalue weighted by Crippen LogP contribution is -2.41. The standard InChI is InChI=1S/C15H24/c1-2-4-13-12(3-1)6-8-15-7-5-11(10-15)9-14(13)15/h11-14H,1-10H2. The predicted molar refractivity (Wildman–Crippen MR) is 62.6 cm³/mol. The van der Waals surface area contributed by atoms with Crippen molar-refractivity contribution in [2.24, 2.45) is 29.1 Å². The van der Waals surface area contributed by atoms with E-state index in [0.29, 0.717) is 0 Å². The molecule has 4 saturated carbocycles. The molecule has 0 aromatic rings. The van der Waals surface area contributed by atoms with Gasteiger partial charge in [-0.3, -0.25) is 0 Å². The fourth-order valence-corrected chi connectivity index (χ4v) is 6.06. The molecule has 0 nitrogen and oxygen atoms in total. The Morgan fingerprint density at radius 3 is 2.67 bits per heavy atom. The number of rotatable bonds is 0. The Hall–Kier alpha value is 0. The second kappa shape index (κ2) is 3.02. The van der Waals surface area contributed by atoms with Gasteiger partial charge in [-0.15, -0.1) is 0 Å². The minimum absolute atomic E-state index is 0.892. The van der Waals surface area contributed by atoms with Crippen LogP contribution < -0.4 is 0 Å². The van der Waals surface area contributed by atoms with Gasteiger partial charge in [-0.2, -0.15) is 0 Å². The van der Waals surface area contributed by atoms with Gasteiger partial charge in [0, 0.05) is 0 Å². The average Bonchev–Trinajstić information content (AvgIpc) is 2.85. The number of fused-ring (bicyclic) bond motifs is 3. The van der Waals surface area contributed by atoms with Gasteiger partial charge in [0.15, 0.2) is 0 Å². The molecule has 0 saturated heterocycles. The summed E-state index contributed by atoms with van der Waals surface area (Å²) in [5, 5.41) is 0. The Morgan fingerprint density at radius 1 is 0.867 bits per heavy atom. The van der Waals surface area contributed by atoms with E-state index in [1.807, 2.05) is 0 Å². The first-order valence-corrected chi connectivity index (χ1v) is 7.37. The first-order valence-electron chi connectivity index (χ1n) is 7.37. The molecule has 0 aliphatic heterocycles. The average molecular weight is 204 g/mol. The van der Waals surface area contributed by atoms with Crippen LogP contribution >= 0.6 is 0 Å². The van der Waals surface area contributed by atoms with Crippen LogP contribution in [0.3, 0.4) is 0 Å². The zero-order valence-corrected chi connectivity index (χ0v) is 9.88. The monoisotopic (exact) mass is 204 g/mol. The zero-order chi connectivity index (χ0) is 9.88. The first kappa shape index (κ1) is 9.07. The van der Waals surface area contributed by atoms with Crippen molar-refractivity contribution in [2.75, 3.05) is 0 Å². The normalized spacial score (nSPS) is 57.6. The molecule has 0 aromatic carbocycles. The summed E-state index contributed by atoms with van der Waals surface area (Å²) in [5.74, 6) is 4.69. The van der Waals surface area contributed by atoms with Crippen molar-refractivity contribution < 1.29 is 0 Å². The maximum absolute atomic E-state index is 1.64. The quantitative estimate of drug-likeness (QED) is 0.549. The van der Waals surface area contributed by atoms with E-state index < -0.39 is 0 Å². The summed E-state index contributed by atoms with van der Waals surface area (Å²) >= 11 is 0. The third-order valence-electron chi connectivity index (χ3n) is 6.62. The van der Waals surface area contributed by atoms with Gasteiger partial charge in [-0.1, -0.05) is 19.3 Å². The van der Waals surface area contributed by atoms with Gasteiger partial charge in [0.2, 0.25) is 0 Å². The summed E-state index contributed by atoms with van der Waals surface area (Å²) in [6.45, 7) is 0. The van der Waals surface area contributed by atoms with Crippen LogP contribution in [0.4, 0.5) is 0 Å². The van der Waals surface area contributed by atoms with E-state index in [9.17, 15) is 0 Å². The molecule has 0 N–H and O–H groups in total. The third-order valence-corrected chi connectivity index (χ3v) is 6.62. The van der Waals surface area contributed by atoms with Crippen LogP contribution in [0.5, 0.6) is 0 Å². The maximum Gasteiger partial charge on any atom is -0.0263 e. The highest BCUT2D eigenvalue weighted by Gasteiger charge is 2.57. The minimum Gasteiger partial charge on any atom is -0.0530 e. The molecule has 0 heteroatoms. The van der Waals surface area contributed by atoms with E-state index in [2.05, 4.69) is 0 Å². The maximum atomic E-state index is 1.64. The smallest absolute Gasteiger partial charge is 0.0263 e. The lowest BCUT2D eigenvalue weighted by molar-refractivity contribution is -0.00377. The first-order chi connectivity index (χ1) is 7.37. The molecule has 0 amide bonds. The molecule has 84 valence electrons. The van der Waals surface area contributed by atoms with E-state index in [0.717, 1.165) is 17.3 Å². The summed E-state index contributed by atoms with van der Waals surface area (Å²) in [4.78, 5) is 0. The summed E-state index contributed by atoms with van der Waals surface area (Å²) in [6.07, 6.45) is 16.0. The van der Waals surface area contributed by atoms with E-state index in [1.165, 1.54) is 11.8 Å². The largest absolute Gasteiger partial charge is 0.0530 e. The van der Waals surface area contributed by atoms with Gasteiger partial charge in [0.1, 0.15) is 0 Å². The molecule has 4 aliphatic carbocycles. The van der Waals surface area contributed by atoms with Crippen LogP contribution in [0.1, 0.15) is 64.2 Å².